The Balaban J connectivity index is 3.05. The topological polar surface area (TPSA) is 46.3 Å². The molecule has 2 N–H and O–H groups in total. The van der Waals surface area contributed by atoms with Crippen molar-refractivity contribution in [3.63, 3.8) is 0 Å². The molecule has 19 heavy (non-hydrogen) atoms. The van der Waals surface area contributed by atoms with E-state index in [1.165, 1.54) is 17.9 Å². The molecule has 0 saturated carbocycles. The second kappa shape index (κ2) is 7.19. The Morgan fingerprint density at radius 3 is 2.58 bits per heavy atom. The lowest BCUT2D eigenvalue weighted by Gasteiger charge is -2.22. The van der Waals surface area contributed by atoms with Crippen molar-refractivity contribution < 1.29 is 13.6 Å². The standard InChI is InChI=1S/C14H20F2N2O/c1-3-4-8-18(9-7-17)14(19)12-11(15)6-5-10(2)13(12)16/h5-6H,3-4,7-9,17H2,1-2H3. The second-order valence-corrected chi connectivity index (χ2v) is 4.49. The van der Waals surface area contributed by atoms with Crippen LogP contribution in [0.2, 0.25) is 0 Å². The van der Waals surface area contributed by atoms with Gasteiger partial charge in [0.1, 0.15) is 17.2 Å². The SMILES string of the molecule is CCCCN(CCN)C(=O)c1c(F)ccc(C)c1F. The van der Waals surface area contributed by atoms with E-state index in [4.69, 9.17) is 5.73 Å². The molecule has 0 fully saturated rings. The molecule has 0 aliphatic heterocycles. The summed E-state index contributed by atoms with van der Waals surface area (Å²) < 4.78 is 27.6. The van der Waals surface area contributed by atoms with Crippen molar-refractivity contribution >= 4 is 5.91 Å². The average Bonchev–Trinajstić information content (AvgIpc) is 2.39. The summed E-state index contributed by atoms with van der Waals surface area (Å²) in [6, 6.07) is 2.44. The molecular weight excluding hydrogens is 250 g/mol. The van der Waals surface area contributed by atoms with Gasteiger partial charge >= 0.3 is 0 Å². The summed E-state index contributed by atoms with van der Waals surface area (Å²) in [6.45, 7) is 4.51. The first-order valence-corrected chi connectivity index (χ1v) is 6.46. The molecular formula is C14H20F2N2O. The molecule has 0 unspecified atom stereocenters. The van der Waals surface area contributed by atoms with Crippen LogP contribution in [0.4, 0.5) is 8.78 Å². The Bertz CT molecular complexity index is 449. The van der Waals surface area contributed by atoms with E-state index in [0.717, 1.165) is 18.9 Å². The molecule has 1 aromatic carbocycles. The number of hydrogen-bond acceptors (Lipinski definition) is 2. The van der Waals surface area contributed by atoms with Gasteiger partial charge in [-0.2, -0.15) is 0 Å². The zero-order chi connectivity index (χ0) is 14.4. The van der Waals surface area contributed by atoms with Crippen LogP contribution in [0.3, 0.4) is 0 Å². The molecule has 0 bridgehead atoms. The van der Waals surface area contributed by atoms with Crippen molar-refractivity contribution in [3.05, 3.63) is 34.9 Å². The maximum absolute atomic E-state index is 13.9. The third-order valence-corrected chi connectivity index (χ3v) is 2.97. The molecule has 0 saturated heterocycles. The average molecular weight is 270 g/mol. The third kappa shape index (κ3) is 3.73. The number of hydrogen-bond donors (Lipinski definition) is 1. The summed E-state index contributed by atoms with van der Waals surface area (Å²) in [4.78, 5) is 13.6. The molecule has 1 rings (SSSR count). The van der Waals surface area contributed by atoms with Crippen LogP contribution in [-0.2, 0) is 0 Å². The first-order chi connectivity index (χ1) is 9.02. The summed E-state index contributed by atoms with van der Waals surface area (Å²) in [5.41, 5.74) is 5.22. The molecule has 0 atom stereocenters. The fourth-order valence-corrected chi connectivity index (χ4v) is 1.83. The first-order valence-electron chi connectivity index (χ1n) is 6.46. The molecule has 3 nitrogen and oxygen atoms in total. The van der Waals surface area contributed by atoms with Gasteiger partial charge in [-0.25, -0.2) is 8.78 Å². The van der Waals surface area contributed by atoms with Crippen molar-refractivity contribution in [1.82, 2.24) is 4.90 Å². The minimum absolute atomic E-state index is 0.257. The number of aryl methyl sites for hydroxylation is 1. The summed E-state index contributed by atoms with van der Waals surface area (Å²) in [5, 5.41) is 0. The molecule has 106 valence electrons. The Kier molecular flexibility index (Phi) is 5.89. The maximum Gasteiger partial charge on any atom is 0.259 e. The molecule has 0 spiro atoms. The van der Waals surface area contributed by atoms with E-state index in [9.17, 15) is 13.6 Å². The van der Waals surface area contributed by atoms with Crippen LogP contribution >= 0.6 is 0 Å². The van der Waals surface area contributed by atoms with Crippen LogP contribution in [0.25, 0.3) is 0 Å². The first kappa shape index (κ1) is 15.6. The van der Waals surface area contributed by atoms with Crippen molar-refractivity contribution in [2.24, 2.45) is 5.73 Å². The molecule has 0 aliphatic carbocycles. The zero-order valence-corrected chi connectivity index (χ0v) is 11.4. The lowest BCUT2D eigenvalue weighted by atomic mass is 10.1. The summed E-state index contributed by atoms with van der Waals surface area (Å²) in [7, 11) is 0. The Morgan fingerprint density at radius 2 is 2.00 bits per heavy atom. The molecule has 0 aliphatic rings. The number of nitrogens with two attached hydrogens (primary N) is 1. The molecule has 1 amide bonds. The van der Waals surface area contributed by atoms with E-state index in [0.29, 0.717) is 13.1 Å². The Hall–Kier alpha value is -1.49. The van der Waals surface area contributed by atoms with Gasteiger partial charge in [-0.15, -0.1) is 0 Å². The highest BCUT2D eigenvalue weighted by molar-refractivity contribution is 5.95. The minimum Gasteiger partial charge on any atom is -0.337 e. The van der Waals surface area contributed by atoms with E-state index in [-0.39, 0.29) is 12.1 Å². The van der Waals surface area contributed by atoms with Crippen molar-refractivity contribution in [1.29, 1.82) is 0 Å². The van der Waals surface area contributed by atoms with Gasteiger partial charge in [-0.1, -0.05) is 19.4 Å². The molecule has 0 radical (unpaired) electrons. The molecule has 1 aromatic rings. The van der Waals surface area contributed by atoms with E-state index in [1.807, 2.05) is 6.92 Å². The number of benzene rings is 1. The lowest BCUT2D eigenvalue weighted by molar-refractivity contribution is 0.0748. The van der Waals surface area contributed by atoms with Crippen molar-refractivity contribution in [2.45, 2.75) is 26.7 Å². The summed E-state index contributed by atoms with van der Waals surface area (Å²) >= 11 is 0. The molecule has 0 heterocycles. The fraction of sp³-hybridized carbons (Fsp3) is 0.500. The Labute approximate surface area is 112 Å². The highest BCUT2D eigenvalue weighted by Gasteiger charge is 2.23. The van der Waals surface area contributed by atoms with Crippen LogP contribution < -0.4 is 5.73 Å². The summed E-state index contributed by atoms with van der Waals surface area (Å²) in [6.07, 6.45) is 1.67. The highest BCUT2D eigenvalue weighted by Crippen LogP contribution is 2.18. The van der Waals surface area contributed by atoms with Gasteiger partial charge in [0.15, 0.2) is 0 Å². The fourth-order valence-electron chi connectivity index (χ4n) is 1.83. The number of halogens is 2. The van der Waals surface area contributed by atoms with Gasteiger partial charge in [0.25, 0.3) is 5.91 Å². The second-order valence-electron chi connectivity index (χ2n) is 4.49. The molecule has 5 heteroatoms. The normalized spacial score (nSPS) is 10.6. The number of carbonyl (C=O) groups excluding carboxylic acids is 1. The zero-order valence-electron chi connectivity index (χ0n) is 11.4. The minimum atomic E-state index is -0.827. The predicted octanol–water partition coefficient (Wildman–Crippen LogP) is 2.47. The smallest absolute Gasteiger partial charge is 0.259 e. The van der Waals surface area contributed by atoms with Crippen molar-refractivity contribution in [3.8, 4) is 0 Å². The number of amides is 1. The molecule has 0 aromatic heterocycles. The maximum atomic E-state index is 13.9. The van der Waals surface area contributed by atoms with Crippen LogP contribution in [0.15, 0.2) is 12.1 Å². The van der Waals surface area contributed by atoms with Gasteiger partial charge in [0, 0.05) is 19.6 Å². The van der Waals surface area contributed by atoms with Gasteiger partial charge < -0.3 is 10.6 Å². The predicted molar refractivity (Wildman–Crippen MR) is 71.0 cm³/mol. The van der Waals surface area contributed by atoms with E-state index in [1.54, 1.807) is 0 Å². The van der Waals surface area contributed by atoms with E-state index in [2.05, 4.69) is 0 Å². The Morgan fingerprint density at radius 1 is 1.32 bits per heavy atom. The quantitative estimate of drug-likeness (QED) is 0.863. The van der Waals surface area contributed by atoms with Crippen LogP contribution in [-0.4, -0.2) is 30.4 Å². The van der Waals surface area contributed by atoms with Gasteiger partial charge in [-0.3, -0.25) is 4.79 Å². The van der Waals surface area contributed by atoms with Crippen LogP contribution in [0.1, 0.15) is 35.7 Å². The highest BCUT2D eigenvalue weighted by atomic mass is 19.1. The number of unbranched alkanes of at least 4 members (excludes halogenated alkanes) is 1. The van der Waals surface area contributed by atoms with Crippen molar-refractivity contribution in [2.75, 3.05) is 19.6 Å². The van der Waals surface area contributed by atoms with Crippen LogP contribution in [0, 0.1) is 18.6 Å². The summed E-state index contributed by atoms with van der Waals surface area (Å²) in [5.74, 6) is -2.24. The van der Waals surface area contributed by atoms with Crippen LogP contribution in [0.5, 0.6) is 0 Å². The number of carbonyl (C=O) groups is 1. The van der Waals surface area contributed by atoms with Gasteiger partial charge in [0.05, 0.1) is 0 Å². The lowest BCUT2D eigenvalue weighted by Crippen LogP contribution is -2.37. The largest absolute Gasteiger partial charge is 0.337 e. The monoisotopic (exact) mass is 270 g/mol. The van der Waals surface area contributed by atoms with Gasteiger partial charge in [-0.05, 0) is 25.0 Å². The van der Waals surface area contributed by atoms with Gasteiger partial charge in [0.2, 0.25) is 0 Å². The number of rotatable bonds is 6. The third-order valence-electron chi connectivity index (χ3n) is 2.97. The number of nitrogens with zero attached hydrogens (tertiary/aromatic N) is 1. The van der Waals surface area contributed by atoms with E-state index < -0.39 is 23.1 Å². The van der Waals surface area contributed by atoms with E-state index >= 15 is 0 Å².